The second-order valence-electron chi connectivity index (χ2n) is 2.27. The molecular formula is C8H11ClO4. The number of hydrogen-bond acceptors (Lipinski definition) is 4. The molecule has 0 fully saturated rings. The Morgan fingerprint density at radius 2 is 1.54 bits per heavy atom. The largest absolute Gasteiger partial charge is 0.465 e. The Balaban J connectivity index is 4.97. The molecule has 0 spiro atoms. The molecule has 0 aromatic heterocycles. The van der Waals surface area contributed by atoms with Gasteiger partial charge in [-0.2, -0.15) is 0 Å². The molecule has 0 saturated heterocycles. The third-order valence-electron chi connectivity index (χ3n) is 1.41. The first-order valence-corrected chi connectivity index (χ1v) is 4.04. The molecule has 0 amide bonds. The van der Waals surface area contributed by atoms with E-state index < -0.39 is 11.9 Å². The number of carbonyl (C=O) groups is 2. The van der Waals surface area contributed by atoms with E-state index in [1.807, 2.05) is 0 Å². The molecule has 0 aliphatic rings. The minimum absolute atomic E-state index is 0.0829. The van der Waals surface area contributed by atoms with Crippen LogP contribution in [0.1, 0.15) is 6.92 Å². The number of esters is 2. The Kier molecular flexibility index (Phi) is 5.14. The number of ether oxygens (including phenoxy) is 2. The van der Waals surface area contributed by atoms with Crippen molar-refractivity contribution < 1.29 is 19.1 Å². The van der Waals surface area contributed by atoms with Crippen LogP contribution in [0.5, 0.6) is 0 Å². The third kappa shape index (κ3) is 3.06. The first-order valence-electron chi connectivity index (χ1n) is 3.50. The second kappa shape index (κ2) is 5.59. The van der Waals surface area contributed by atoms with Gasteiger partial charge in [0.05, 0.1) is 14.2 Å². The van der Waals surface area contributed by atoms with Crippen LogP contribution in [0, 0.1) is 0 Å². The zero-order valence-electron chi connectivity index (χ0n) is 7.72. The Hall–Kier alpha value is -1.03. The van der Waals surface area contributed by atoms with Crippen molar-refractivity contribution in [1.29, 1.82) is 0 Å². The number of rotatable bonds is 3. The fraction of sp³-hybridized carbons (Fsp3) is 0.500. The molecule has 5 heteroatoms. The Morgan fingerprint density at radius 3 is 1.77 bits per heavy atom. The van der Waals surface area contributed by atoms with Gasteiger partial charge in [0.2, 0.25) is 0 Å². The lowest BCUT2D eigenvalue weighted by Gasteiger charge is -2.05. The van der Waals surface area contributed by atoms with Crippen LogP contribution in [-0.4, -0.2) is 32.0 Å². The van der Waals surface area contributed by atoms with Gasteiger partial charge in [-0.1, -0.05) is 0 Å². The van der Waals surface area contributed by atoms with Crippen LogP contribution >= 0.6 is 11.6 Å². The molecule has 0 aromatic carbocycles. The molecular weight excluding hydrogens is 196 g/mol. The first kappa shape index (κ1) is 12.0. The smallest absolute Gasteiger partial charge is 0.345 e. The summed E-state index contributed by atoms with van der Waals surface area (Å²) in [6, 6.07) is 0. The molecule has 0 bridgehead atoms. The molecule has 74 valence electrons. The summed E-state index contributed by atoms with van der Waals surface area (Å²) in [5.74, 6) is -1.38. The summed E-state index contributed by atoms with van der Waals surface area (Å²) in [5.41, 5.74) is 0.292. The molecule has 0 aromatic rings. The van der Waals surface area contributed by atoms with Crippen molar-refractivity contribution in [3.63, 3.8) is 0 Å². The highest BCUT2D eigenvalue weighted by Crippen LogP contribution is 2.09. The molecule has 0 heterocycles. The van der Waals surface area contributed by atoms with Gasteiger partial charge in [0.1, 0.15) is 5.57 Å². The molecule has 0 rings (SSSR count). The van der Waals surface area contributed by atoms with Crippen molar-refractivity contribution in [3.8, 4) is 0 Å². The molecule has 0 saturated carbocycles. The van der Waals surface area contributed by atoms with E-state index in [2.05, 4.69) is 9.47 Å². The predicted molar refractivity (Wildman–Crippen MR) is 47.5 cm³/mol. The molecule has 0 N–H and O–H groups in total. The number of allylic oxidation sites excluding steroid dienone is 1. The summed E-state index contributed by atoms with van der Waals surface area (Å²) < 4.78 is 8.80. The Morgan fingerprint density at radius 1 is 1.15 bits per heavy atom. The van der Waals surface area contributed by atoms with Crippen LogP contribution < -0.4 is 0 Å². The second-order valence-corrected chi connectivity index (χ2v) is 2.54. The van der Waals surface area contributed by atoms with Gasteiger partial charge in [-0.25, -0.2) is 9.59 Å². The number of methoxy groups -OCH3 is 2. The third-order valence-corrected chi connectivity index (χ3v) is 1.81. The van der Waals surface area contributed by atoms with E-state index in [0.717, 1.165) is 0 Å². The van der Waals surface area contributed by atoms with Crippen LogP contribution in [0.15, 0.2) is 11.1 Å². The summed E-state index contributed by atoms with van der Waals surface area (Å²) in [4.78, 5) is 22.1. The van der Waals surface area contributed by atoms with Crippen molar-refractivity contribution in [1.82, 2.24) is 0 Å². The Labute approximate surface area is 81.5 Å². The quantitative estimate of drug-likeness (QED) is 0.226. The lowest BCUT2D eigenvalue weighted by Crippen LogP contribution is -2.18. The van der Waals surface area contributed by atoms with Crippen LogP contribution in [0.2, 0.25) is 0 Å². The molecule has 0 aliphatic carbocycles. The minimum atomic E-state index is -0.731. The fourth-order valence-electron chi connectivity index (χ4n) is 0.703. The minimum Gasteiger partial charge on any atom is -0.465 e. The van der Waals surface area contributed by atoms with Gasteiger partial charge in [-0.05, 0) is 12.5 Å². The number of halogens is 1. The van der Waals surface area contributed by atoms with Crippen LogP contribution in [0.4, 0.5) is 0 Å². The van der Waals surface area contributed by atoms with Gasteiger partial charge >= 0.3 is 11.9 Å². The fourth-order valence-corrected chi connectivity index (χ4v) is 0.836. The number of alkyl halides is 1. The van der Waals surface area contributed by atoms with E-state index in [1.54, 1.807) is 6.92 Å². The SMILES string of the molecule is COC(=O)C(C(=O)OC)=C(C)CCl. The van der Waals surface area contributed by atoms with Crippen molar-refractivity contribution in [3.05, 3.63) is 11.1 Å². The topological polar surface area (TPSA) is 52.6 Å². The monoisotopic (exact) mass is 206 g/mol. The number of carbonyl (C=O) groups excluding carboxylic acids is 2. The van der Waals surface area contributed by atoms with Crippen LogP contribution in [0.25, 0.3) is 0 Å². The zero-order chi connectivity index (χ0) is 10.4. The van der Waals surface area contributed by atoms with Crippen molar-refractivity contribution >= 4 is 23.5 Å². The summed E-state index contributed by atoms with van der Waals surface area (Å²) in [5, 5.41) is 0. The molecule has 0 aliphatic heterocycles. The van der Waals surface area contributed by atoms with Crippen molar-refractivity contribution in [2.75, 3.05) is 20.1 Å². The van der Waals surface area contributed by atoms with Gasteiger partial charge in [0, 0.05) is 5.88 Å². The predicted octanol–water partition coefficient (Wildman–Crippen LogP) is 0.888. The van der Waals surface area contributed by atoms with Gasteiger partial charge in [-0.15, -0.1) is 11.6 Å². The normalized spacial score (nSPS) is 8.92. The maximum atomic E-state index is 11.1. The van der Waals surface area contributed by atoms with Gasteiger partial charge in [0.25, 0.3) is 0 Å². The van der Waals surface area contributed by atoms with Gasteiger partial charge in [-0.3, -0.25) is 0 Å². The van der Waals surface area contributed by atoms with E-state index in [0.29, 0.717) is 5.57 Å². The van der Waals surface area contributed by atoms with E-state index in [1.165, 1.54) is 14.2 Å². The standard InChI is InChI=1S/C8H11ClO4/c1-5(4-9)6(7(10)12-2)8(11)13-3/h4H2,1-3H3. The molecule has 13 heavy (non-hydrogen) atoms. The van der Waals surface area contributed by atoms with Gasteiger partial charge < -0.3 is 9.47 Å². The van der Waals surface area contributed by atoms with Crippen LogP contribution in [-0.2, 0) is 19.1 Å². The maximum absolute atomic E-state index is 11.1. The summed E-state index contributed by atoms with van der Waals surface area (Å²) in [6.45, 7) is 1.57. The molecule has 0 atom stereocenters. The summed E-state index contributed by atoms with van der Waals surface area (Å²) in [6.07, 6.45) is 0. The van der Waals surface area contributed by atoms with Crippen molar-refractivity contribution in [2.24, 2.45) is 0 Å². The zero-order valence-corrected chi connectivity index (χ0v) is 8.47. The first-order chi connectivity index (χ1) is 6.08. The Bertz CT molecular complexity index is 227. The van der Waals surface area contributed by atoms with E-state index >= 15 is 0 Å². The average Bonchev–Trinajstić information content (AvgIpc) is 2.16. The highest BCUT2D eigenvalue weighted by atomic mass is 35.5. The van der Waals surface area contributed by atoms with Gasteiger partial charge in [0.15, 0.2) is 0 Å². The van der Waals surface area contributed by atoms with Crippen LogP contribution in [0.3, 0.4) is 0 Å². The summed E-state index contributed by atoms with van der Waals surface area (Å²) >= 11 is 5.48. The molecule has 4 nitrogen and oxygen atoms in total. The van der Waals surface area contributed by atoms with E-state index in [9.17, 15) is 9.59 Å². The highest BCUT2D eigenvalue weighted by molar-refractivity contribution is 6.22. The highest BCUT2D eigenvalue weighted by Gasteiger charge is 2.22. The lowest BCUT2D eigenvalue weighted by atomic mass is 10.1. The maximum Gasteiger partial charge on any atom is 0.345 e. The van der Waals surface area contributed by atoms with E-state index in [4.69, 9.17) is 11.6 Å². The molecule has 0 radical (unpaired) electrons. The summed E-state index contributed by atoms with van der Waals surface area (Å²) in [7, 11) is 2.37. The lowest BCUT2D eigenvalue weighted by molar-refractivity contribution is -0.144. The average molecular weight is 207 g/mol. The van der Waals surface area contributed by atoms with E-state index in [-0.39, 0.29) is 11.5 Å². The molecule has 0 unspecified atom stereocenters. The van der Waals surface area contributed by atoms with Crippen molar-refractivity contribution in [2.45, 2.75) is 6.92 Å². The number of hydrogen-bond donors (Lipinski definition) is 0.